The van der Waals surface area contributed by atoms with Crippen LogP contribution in [0.25, 0.3) is 0 Å². The maximum Gasteiger partial charge on any atom is 0.325 e. The largest absolute Gasteiger partial charge is 0.486 e. The number of fused-ring (bicyclic) bond motifs is 1. The zero-order valence-corrected chi connectivity index (χ0v) is 18.2. The summed E-state index contributed by atoms with van der Waals surface area (Å²) in [5.74, 6) is 1.20. The van der Waals surface area contributed by atoms with E-state index in [0.29, 0.717) is 44.3 Å². The van der Waals surface area contributed by atoms with Gasteiger partial charge < -0.3 is 19.3 Å². The summed E-state index contributed by atoms with van der Waals surface area (Å²) in [5, 5.41) is 0. The molecule has 0 aromatic heterocycles. The summed E-state index contributed by atoms with van der Waals surface area (Å²) >= 11 is 0. The Morgan fingerprint density at radius 2 is 1.55 bits per heavy atom. The van der Waals surface area contributed by atoms with Crippen molar-refractivity contribution < 1.29 is 19.1 Å². The summed E-state index contributed by atoms with van der Waals surface area (Å²) in [6.07, 6.45) is 0. The third-order valence-electron chi connectivity index (χ3n) is 5.81. The Kier molecular flexibility index (Phi) is 5.85. The van der Waals surface area contributed by atoms with Crippen molar-refractivity contribution in [3.05, 3.63) is 84.4 Å². The molecule has 2 aliphatic rings. The van der Waals surface area contributed by atoms with E-state index in [2.05, 4.69) is 0 Å². The lowest BCUT2D eigenvalue weighted by Crippen LogP contribution is -2.42. The Hall–Kier alpha value is -4.00. The fraction of sp³-hybridized carbons (Fsp3) is 0.231. The van der Waals surface area contributed by atoms with Crippen LogP contribution in [0.1, 0.15) is 5.56 Å². The van der Waals surface area contributed by atoms with E-state index in [1.54, 1.807) is 14.7 Å². The normalized spacial score (nSPS) is 15.0. The summed E-state index contributed by atoms with van der Waals surface area (Å²) in [7, 11) is 0. The van der Waals surface area contributed by atoms with E-state index >= 15 is 0 Å². The highest BCUT2D eigenvalue weighted by molar-refractivity contribution is 6.00. The Labute approximate surface area is 192 Å². The van der Waals surface area contributed by atoms with Gasteiger partial charge in [-0.15, -0.1) is 0 Å². The van der Waals surface area contributed by atoms with E-state index in [-0.39, 0.29) is 18.5 Å². The maximum absolute atomic E-state index is 13.4. The number of ether oxygens (including phenoxy) is 2. The van der Waals surface area contributed by atoms with Gasteiger partial charge in [-0.3, -0.25) is 9.69 Å². The van der Waals surface area contributed by atoms with Gasteiger partial charge in [0.1, 0.15) is 19.8 Å². The number of para-hydroxylation sites is 1. The summed E-state index contributed by atoms with van der Waals surface area (Å²) < 4.78 is 11.2. The minimum absolute atomic E-state index is 0.0155. The van der Waals surface area contributed by atoms with E-state index in [0.717, 1.165) is 16.9 Å². The number of urea groups is 1. The van der Waals surface area contributed by atoms with Crippen LogP contribution in [0, 0.1) is 0 Å². The SMILES string of the molecule is O=C(CN1CCN(c2ccc3c(c2)OCCO3)C1=O)N(Cc1ccccc1)c1ccccc1. The van der Waals surface area contributed by atoms with Crippen LogP contribution in [-0.4, -0.2) is 49.7 Å². The van der Waals surface area contributed by atoms with Crippen molar-refractivity contribution in [3.8, 4) is 11.5 Å². The van der Waals surface area contributed by atoms with E-state index in [1.165, 1.54) is 0 Å². The van der Waals surface area contributed by atoms with Crippen molar-refractivity contribution in [2.45, 2.75) is 6.54 Å². The molecule has 0 atom stereocenters. The smallest absolute Gasteiger partial charge is 0.325 e. The predicted octanol–water partition coefficient (Wildman–Crippen LogP) is 3.93. The Morgan fingerprint density at radius 3 is 2.30 bits per heavy atom. The third-order valence-corrected chi connectivity index (χ3v) is 5.81. The number of hydrogen-bond donors (Lipinski definition) is 0. The number of anilines is 2. The molecule has 7 heteroatoms. The first-order chi connectivity index (χ1) is 16.2. The maximum atomic E-state index is 13.4. The van der Waals surface area contributed by atoms with Crippen LogP contribution in [0.3, 0.4) is 0 Å². The number of nitrogens with zero attached hydrogens (tertiary/aromatic N) is 3. The molecule has 0 saturated carbocycles. The van der Waals surface area contributed by atoms with Crippen LogP contribution in [0.4, 0.5) is 16.2 Å². The van der Waals surface area contributed by atoms with Gasteiger partial charge in [0.05, 0.1) is 6.54 Å². The predicted molar refractivity (Wildman–Crippen MR) is 126 cm³/mol. The van der Waals surface area contributed by atoms with Crippen molar-refractivity contribution in [1.82, 2.24) is 4.90 Å². The lowest BCUT2D eigenvalue weighted by molar-refractivity contribution is -0.119. The molecule has 7 nitrogen and oxygen atoms in total. The van der Waals surface area contributed by atoms with Crippen LogP contribution < -0.4 is 19.3 Å². The van der Waals surface area contributed by atoms with E-state index < -0.39 is 0 Å². The molecule has 3 aromatic rings. The molecule has 0 unspecified atom stereocenters. The number of carbonyl (C=O) groups is 2. The number of rotatable bonds is 6. The second-order valence-corrected chi connectivity index (χ2v) is 7.98. The first-order valence-electron chi connectivity index (χ1n) is 11.0. The Balaban J connectivity index is 1.31. The highest BCUT2D eigenvalue weighted by Gasteiger charge is 2.33. The molecule has 0 aliphatic carbocycles. The van der Waals surface area contributed by atoms with Crippen LogP contribution >= 0.6 is 0 Å². The Bertz CT molecular complexity index is 1140. The fourth-order valence-electron chi connectivity index (χ4n) is 4.11. The van der Waals surface area contributed by atoms with Crippen LogP contribution in [-0.2, 0) is 11.3 Å². The van der Waals surface area contributed by atoms with Gasteiger partial charge in [0, 0.05) is 30.5 Å². The molecule has 5 rings (SSSR count). The van der Waals surface area contributed by atoms with Crippen LogP contribution in [0.5, 0.6) is 11.5 Å². The molecule has 0 spiro atoms. The van der Waals surface area contributed by atoms with Gasteiger partial charge in [-0.25, -0.2) is 4.79 Å². The number of amides is 3. The lowest BCUT2D eigenvalue weighted by Gasteiger charge is -2.26. The molecule has 1 fully saturated rings. The molecule has 0 radical (unpaired) electrons. The van der Waals surface area contributed by atoms with Crippen LogP contribution in [0.2, 0.25) is 0 Å². The van der Waals surface area contributed by atoms with Gasteiger partial charge in [0.2, 0.25) is 5.91 Å². The van der Waals surface area contributed by atoms with E-state index in [4.69, 9.17) is 9.47 Å². The quantitative estimate of drug-likeness (QED) is 0.579. The molecule has 2 heterocycles. The molecular weight excluding hydrogens is 418 g/mol. The zero-order valence-electron chi connectivity index (χ0n) is 18.2. The first kappa shape index (κ1) is 20.9. The topological polar surface area (TPSA) is 62.3 Å². The lowest BCUT2D eigenvalue weighted by atomic mass is 10.2. The van der Waals surface area contributed by atoms with Crippen molar-refractivity contribution in [1.29, 1.82) is 0 Å². The first-order valence-corrected chi connectivity index (χ1v) is 11.0. The highest BCUT2D eigenvalue weighted by Crippen LogP contribution is 2.35. The standard InChI is InChI=1S/C26H25N3O4/c30-25(29(21-9-5-2-6-10-21)18-20-7-3-1-4-8-20)19-27-13-14-28(26(27)31)22-11-12-23-24(17-22)33-16-15-32-23/h1-12,17H,13-16,18-19H2. The molecule has 33 heavy (non-hydrogen) atoms. The molecule has 1 saturated heterocycles. The third kappa shape index (κ3) is 4.48. The van der Waals surface area contributed by atoms with Gasteiger partial charge >= 0.3 is 6.03 Å². The molecule has 3 amide bonds. The molecule has 0 N–H and O–H groups in total. The van der Waals surface area contributed by atoms with Crippen LogP contribution in [0.15, 0.2) is 78.9 Å². The molecule has 3 aromatic carbocycles. The van der Waals surface area contributed by atoms with Crippen molar-refractivity contribution in [2.24, 2.45) is 0 Å². The average molecular weight is 444 g/mol. The van der Waals surface area contributed by atoms with Gasteiger partial charge in [-0.1, -0.05) is 48.5 Å². The van der Waals surface area contributed by atoms with Gasteiger partial charge in [-0.2, -0.15) is 0 Å². The molecule has 2 aliphatic heterocycles. The van der Waals surface area contributed by atoms with Gasteiger partial charge in [-0.05, 0) is 29.8 Å². The summed E-state index contributed by atoms with van der Waals surface area (Å²) in [4.78, 5) is 31.5. The summed E-state index contributed by atoms with van der Waals surface area (Å²) in [5.41, 5.74) is 2.57. The molecular formula is C26H25N3O4. The summed E-state index contributed by atoms with van der Waals surface area (Å²) in [6.45, 7) is 2.45. The average Bonchev–Trinajstić information content (AvgIpc) is 3.23. The van der Waals surface area contributed by atoms with E-state index in [1.807, 2.05) is 78.9 Å². The van der Waals surface area contributed by atoms with Crippen molar-refractivity contribution in [2.75, 3.05) is 42.6 Å². The fourth-order valence-corrected chi connectivity index (χ4v) is 4.11. The summed E-state index contributed by atoms with van der Waals surface area (Å²) in [6, 6.07) is 24.7. The second kappa shape index (κ2) is 9.24. The van der Waals surface area contributed by atoms with Gasteiger partial charge in [0.25, 0.3) is 0 Å². The van der Waals surface area contributed by atoms with Gasteiger partial charge in [0.15, 0.2) is 11.5 Å². The Morgan fingerprint density at radius 1 is 0.848 bits per heavy atom. The molecule has 0 bridgehead atoms. The van der Waals surface area contributed by atoms with Crippen molar-refractivity contribution in [3.63, 3.8) is 0 Å². The number of benzene rings is 3. The number of hydrogen-bond acceptors (Lipinski definition) is 4. The minimum Gasteiger partial charge on any atom is -0.486 e. The molecule has 168 valence electrons. The highest BCUT2D eigenvalue weighted by atomic mass is 16.6. The van der Waals surface area contributed by atoms with Crippen molar-refractivity contribution >= 4 is 23.3 Å². The monoisotopic (exact) mass is 443 g/mol. The second-order valence-electron chi connectivity index (χ2n) is 7.98. The minimum atomic E-state index is -0.187. The van der Waals surface area contributed by atoms with E-state index in [9.17, 15) is 9.59 Å². The number of carbonyl (C=O) groups excluding carboxylic acids is 2. The zero-order chi connectivity index (χ0) is 22.6.